The lowest BCUT2D eigenvalue weighted by molar-refractivity contribution is 0.171. The second kappa shape index (κ2) is 8.58. The molecule has 166 valence electrons. The summed E-state index contributed by atoms with van der Waals surface area (Å²) in [6.07, 6.45) is 6.14. The van der Waals surface area contributed by atoms with Crippen molar-refractivity contribution in [3.05, 3.63) is 90.3 Å². The minimum atomic E-state index is 0.564. The lowest BCUT2D eigenvalue weighted by Crippen LogP contribution is -2.17. The molecule has 3 heterocycles. The maximum absolute atomic E-state index is 5.88. The third-order valence-electron chi connectivity index (χ3n) is 6.14. The topological polar surface area (TPSA) is 40.2 Å². The van der Waals surface area contributed by atoms with Crippen LogP contribution in [0.1, 0.15) is 24.0 Å². The lowest BCUT2D eigenvalue weighted by atomic mass is 9.99. The van der Waals surface area contributed by atoms with Gasteiger partial charge >= 0.3 is 0 Å². The molecule has 5 nitrogen and oxygen atoms in total. The average molecular weight is 440 g/mol. The first-order valence-electron chi connectivity index (χ1n) is 11.4. The van der Waals surface area contributed by atoms with Gasteiger partial charge in [0, 0.05) is 48.1 Å². The van der Waals surface area contributed by atoms with Gasteiger partial charge in [0.2, 0.25) is 0 Å². The summed E-state index contributed by atoms with van der Waals surface area (Å²) >= 11 is 0. The van der Waals surface area contributed by atoms with Crippen LogP contribution < -0.4 is 23.8 Å². The van der Waals surface area contributed by atoms with Gasteiger partial charge in [-0.15, -0.1) is 0 Å². The van der Waals surface area contributed by atoms with Crippen molar-refractivity contribution in [3.8, 4) is 23.0 Å². The van der Waals surface area contributed by atoms with Crippen LogP contribution in [0.15, 0.2) is 79.1 Å². The summed E-state index contributed by atoms with van der Waals surface area (Å²) in [5, 5.41) is 0. The Bertz CT molecular complexity index is 1180. The minimum absolute atomic E-state index is 0.564. The van der Waals surface area contributed by atoms with E-state index in [-0.39, 0.29) is 0 Å². The molecule has 0 saturated carbocycles. The van der Waals surface area contributed by atoms with Crippen molar-refractivity contribution in [2.24, 2.45) is 0 Å². The van der Waals surface area contributed by atoms with Crippen molar-refractivity contribution >= 4 is 16.8 Å². The van der Waals surface area contributed by atoms with Crippen LogP contribution in [0, 0.1) is 0 Å². The zero-order valence-corrected chi connectivity index (χ0v) is 18.3. The first kappa shape index (κ1) is 19.8. The van der Waals surface area contributed by atoms with Crippen molar-refractivity contribution in [2.75, 3.05) is 31.3 Å². The molecule has 3 aliphatic rings. The number of hydrogen-bond donors (Lipinski definition) is 0. The number of anilines is 1. The van der Waals surface area contributed by atoms with Gasteiger partial charge in [-0.1, -0.05) is 36.4 Å². The zero-order valence-electron chi connectivity index (χ0n) is 18.3. The Kier molecular flexibility index (Phi) is 5.15. The molecule has 5 heteroatoms. The number of nitrogens with zero attached hydrogens (tertiary/aromatic N) is 1. The van der Waals surface area contributed by atoms with E-state index in [9.17, 15) is 0 Å². The maximum Gasteiger partial charge on any atom is 0.163 e. The molecule has 0 amide bonds. The fourth-order valence-electron chi connectivity index (χ4n) is 4.51. The summed E-state index contributed by atoms with van der Waals surface area (Å²) in [4.78, 5) is 2.20. The van der Waals surface area contributed by atoms with E-state index in [2.05, 4.69) is 53.7 Å². The highest BCUT2D eigenvalue weighted by Gasteiger charge is 2.20. The Hall–Kier alpha value is -3.86. The SMILES string of the molecule is C(=C1CCOc2ccccc21)N(C=C1CCOc2ccccc21)c1ccc2c(c1)OCCO2. The Balaban J connectivity index is 1.46. The van der Waals surface area contributed by atoms with E-state index < -0.39 is 0 Å². The van der Waals surface area contributed by atoms with Crippen LogP contribution in [0.25, 0.3) is 11.1 Å². The molecule has 0 bridgehead atoms. The van der Waals surface area contributed by atoms with Crippen molar-refractivity contribution in [3.63, 3.8) is 0 Å². The Morgan fingerprint density at radius 1 is 0.545 bits per heavy atom. The van der Waals surface area contributed by atoms with Crippen LogP contribution in [0.2, 0.25) is 0 Å². The predicted molar refractivity (Wildman–Crippen MR) is 129 cm³/mol. The first-order valence-corrected chi connectivity index (χ1v) is 11.4. The molecule has 0 radical (unpaired) electrons. The van der Waals surface area contributed by atoms with Gasteiger partial charge in [-0.3, -0.25) is 0 Å². The molecule has 3 aromatic carbocycles. The zero-order chi connectivity index (χ0) is 22.0. The second-order valence-corrected chi connectivity index (χ2v) is 8.23. The fraction of sp³-hybridized carbons (Fsp3) is 0.214. The number of hydrogen-bond acceptors (Lipinski definition) is 5. The van der Waals surface area contributed by atoms with Crippen molar-refractivity contribution < 1.29 is 18.9 Å². The van der Waals surface area contributed by atoms with E-state index in [1.54, 1.807) is 0 Å². The van der Waals surface area contributed by atoms with Gasteiger partial charge in [0.25, 0.3) is 0 Å². The Labute approximate surface area is 193 Å². The van der Waals surface area contributed by atoms with Crippen LogP contribution in [0.3, 0.4) is 0 Å². The molecule has 0 atom stereocenters. The summed E-state index contributed by atoms with van der Waals surface area (Å²) in [6.45, 7) is 2.49. The predicted octanol–water partition coefficient (Wildman–Crippen LogP) is 5.91. The summed E-state index contributed by atoms with van der Waals surface area (Å²) < 4.78 is 23.4. The standard InChI is InChI=1S/C28H25NO4/c1-3-7-25-23(5-1)20(11-13-30-25)18-29(22-9-10-27-28(17-22)33-16-15-32-27)19-21-12-14-31-26-8-4-2-6-24(21)26/h1-10,17-19H,11-16H2. The first-order chi connectivity index (χ1) is 16.3. The molecular formula is C28H25NO4. The second-order valence-electron chi connectivity index (χ2n) is 8.23. The minimum Gasteiger partial charge on any atom is -0.493 e. The number of rotatable bonds is 3. The highest BCUT2D eigenvalue weighted by molar-refractivity contribution is 5.79. The highest BCUT2D eigenvalue weighted by Crippen LogP contribution is 2.39. The molecule has 0 spiro atoms. The maximum atomic E-state index is 5.88. The summed E-state index contributed by atoms with van der Waals surface area (Å²) in [5.41, 5.74) is 5.77. The molecule has 3 aliphatic heterocycles. The molecule has 0 saturated heterocycles. The van der Waals surface area contributed by atoms with Gasteiger partial charge in [0.05, 0.1) is 13.2 Å². The van der Waals surface area contributed by atoms with E-state index in [0.29, 0.717) is 26.4 Å². The molecule has 33 heavy (non-hydrogen) atoms. The van der Waals surface area contributed by atoms with Crippen LogP contribution in [-0.4, -0.2) is 26.4 Å². The van der Waals surface area contributed by atoms with Crippen LogP contribution in [0.5, 0.6) is 23.0 Å². The third kappa shape index (κ3) is 3.91. The summed E-state index contributed by atoms with van der Waals surface area (Å²) in [5.74, 6) is 3.43. The molecule has 3 aromatic rings. The fourth-order valence-corrected chi connectivity index (χ4v) is 4.51. The van der Waals surface area contributed by atoms with E-state index >= 15 is 0 Å². The van der Waals surface area contributed by atoms with E-state index in [0.717, 1.165) is 52.7 Å². The van der Waals surface area contributed by atoms with Gasteiger partial charge in [-0.25, -0.2) is 0 Å². The quantitative estimate of drug-likeness (QED) is 0.507. The molecule has 0 unspecified atom stereocenters. The summed E-state index contributed by atoms with van der Waals surface area (Å²) in [7, 11) is 0. The molecule has 6 rings (SSSR count). The van der Waals surface area contributed by atoms with Gasteiger partial charge in [-0.05, 0) is 35.4 Å². The summed E-state index contributed by atoms with van der Waals surface area (Å²) in [6, 6.07) is 22.6. The number of benzene rings is 3. The van der Waals surface area contributed by atoms with Crippen molar-refractivity contribution in [1.29, 1.82) is 0 Å². The van der Waals surface area contributed by atoms with E-state index in [4.69, 9.17) is 18.9 Å². The number of fused-ring (bicyclic) bond motifs is 3. The highest BCUT2D eigenvalue weighted by atomic mass is 16.6. The Morgan fingerprint density at radius 2 is 1.09 bits per heavy atom. The molecule has 0 aliphatic carbocycles. The van der Waals surface area contributed by atoms with E-state index in [1.165, 1.54) is 11.1 Å². The molecule has 0 aromatic heterocycles. The van der Waals surface area contributed by atoms with Gasteiger partial charge in [0.15, 0.2) is 11.5 Å². The Morgan fingerprint density at radius 3 is 1.73 bits per heavy atom. The normalized spacial score (nSPS) is 18.7. The van der Waals surface area contributed by atoms with Gasteiger partial charge in [-0.2, -0.15) is 0 Å². The monoisotopic (exact) mass is 439 g/mol. The van der Waals surface area contributed by atoms with Crippen LogP contribution >= 0.6 is 0 Å². The third-order valence-corrected chi connectivity index (χ3v) is 6.14. The van der Waals surface area contributed by atoms with Crippen molar-refractivity contribution in [2.45, 2.75) is 12.8 Å². The van der Waals surface area contributed by atoms with Crippen LogP contribution in [0.4, 0.5) is 5.69 Å². The average Bonchev–Trinajstić information content (AvgIpc) is 2.88. The number of para-hydroxylation sites is 2. The van der Waals surface area contributed by atoms with Crippen LogP contribution in [-0.2, 0) is 0 Å². The van der Waals surface area contributed by atoms with Gasteiger partial charge < -0.3 is 23.8 Å². The van der Waals surface area contributed by atoms with Crippen molar-refractivity contribution in [1.82, 2.24) is 0 Å². The largest absolute Gasteiger partial charge is 0.493 e. The molecule has 0 fully saturated rings. The smallest absolute Gasteiger partial charge is 0.163 e. The van der Waals surface area contributed by atoms with Gasteiger partial charge in [0.1, 0.15) is 24.7 Å². The lowest BCUT2D eigenvalue weighted by Gasteiger charge is -2.27. The number of ether oxygens (including phenoxy) is 4. The molecular weight excluding hydrogens is 414 g/mol. The van der Waals surface area contributed by atoms with E-state index in [1.807, 2.05) is 30.3 Å². The molecule has 0 N–H and O–H groups in total.